The number of benzene rings is 2. The van der Waals surface area contributed by atoms with Crippen LogP contribution in [-0.2, 0) is 6.54 Å². The highest BCUT2D eigenvalue weighted by molar-refractivity contribution is 6.33. The topological polar surface area (TPSA) is 43.6 Å². The van der Waals surface area contributed by atoms with Gasteiger partial charge in [0.15, 0.2) is 11.5 Å². The number of fused-ring (bicyclic) bond motifs is 2. The molecule has 4 nitrogen and oxygen atoms in total. The Balaban J connectivity index is 1.60. The zero-order valence-corrected chi connectivity index (χ0v) is 11.8. The normalized spacial score (nSPS) is 12.8. The second-order valence-corrected chi connectivity index (χ2v) is 5.20. The van der Waals surface area contributed by atoms with Crippen molar-refractivity contribution in [3.63, 3.8) is 0 Å². The molecular formula is C16H12ClNO3. The fourth-order valence-corrected chi connectivity index (χ4v) is 2.63. The Morgan fingerprint density at radius 1 is 1.10 bits per heavy atom. The van der Waals surface area contributed by atoms with Gasteiger partial charge in [-0.2, -0.15) is 0 Å². The zero-order chi connectivity index (χ0) is 14.2. The van der Waals surface area contributed by atoms with Crippen LogP contribution in [0.3, 0.4) is 0 Å². The van der Waals surface area contributed by atoms with Crippen LogP contribution in [0.25, 0.3) is 11.0 Å². The maximum Gasteiger partial charge on any atom is 0.231 e. The minimum atomic E-state index is 0.238. The van der Waals surface area contributed by atoms with Gasteiger partial charge in [0.2, 0.25) is 6.79 Å². The highest BCUT2D eigenvalue weighted by Crippen LogP contribution is 2.39. The fourth-order valence-electron chi connectivity index (χ4n) is 2.41. The molecule has 0 spiro atoms. The highest BCUT2D eigenvalue weighted by Gasteiger charge is 2.16. The number of hydrogen-bond donors (Lipinski definition) is 1. The molecule has 0 atom stereocenters. The first-order valence-corrected chi connectivity index (χ1v) is 6.97. The summed E-state index contributed by atoms with van der Waals surface area (Å²) in [5.41, 5.74) is 2.77. The summed E-state index contributed by atoms with van der Waals surface area (Å²) >= 11 is 6.24. The Hall–Kier alpha value is -2.33. The summed E-state index contributed by atoms with van der Waals surface area (Å²) in [6.45, 7) is 0.859. The number of halogens is 1. The van der Waals surface area contributed by atoms with Crippen molar-refractivity contribution in [3.05, 3.63) is 53.2 Å². The van der Waals surface area contributed by atoms with Crippen molar-refractivity contribution in [2.45, 2.75) is 6.54 Å². The zero-order valence-electron chi connectivity index (χ0n) is 11.1. The molecule has 0 radical (unpaired) electrons. The van der Waals surface area contributed by atoms with Gasteiger partial charge in [0, 0.05) is 29.6 Å². The predicted octanol–water partition coefficient (Wildman–Crippen LogP) is 4.43. The first-order chi connectivity index (χ1) is 10.3. The number of para-hydroxylation sites is 1. The molecule has 4 rings (SSSR count). The average Bonchev–Trinajstić information content (AvgIpc) is 3.11. The maximum absolute atomic E-state index is 6.24. The van der Waals surface area contributed by atoms with E-state index in [0.29, 0.717) is 23.1 Å². The molecule has 106 valence electrons. The predicted molar refractivity (Wildman–Crippen MR) is 81.1 cm³/mol. The minimum Gasteiger partial charge on any atom is -0.464 e. The van der Waals surface area contributed by atoms with Crippen LogP contribution in [-0.4, -0.2) is 6.79 Å². The summed E-state index contributed by atoms with van der Waals surface area (Å²) in [4.78, 5) is 0. The van der Waals surface area contributed by atoms with Crippen molar-refractivity contribution < 1.29 is 13.9 Å². The van der Waals surface area contributed by atoms with Crippen molar-refractivity contribution in [2.24, 2.45) is 0 Å². The van der Waals surface area contributed by atoms with Gasteiger partial charge < -0.3 is 19.2 Å². The summed E-state index contributed by atoms with van der Waals surface area (Å²) in [6, 6.07) is 11.6. The van der Waals surface area contributed by atoms with Gasteiger partial charge in [-0.15, -0.1) is 0 Å². The van der Waals surface area contributed by atoms with Crippen molar-refractivity contribution >= 4 is 28.3 Å². The van der Waals surface area contributed by atoms with Gasteiger partial charge in [-0.05, 0) is 6.07 Å². The molecule has 1 aliphatic rings. The van der Waals surface area contributed by atoms with Gasteiger partial charge in [-0.3, -0.25) is 0 Å². The Labute approximate surface area is 126 Å². The SMILES string of the molecule is Clc1cc2c(cc1NCc1coc3ccccc13)OCO2. The third kappa shape index (κ3) is 2.17. The second-order valence-electron chi connectivity index (χ2n) is 4.80. The molecule has 5 heteroatoms. The van der Waals surface area contributed by atoms with E-state index in [9.17, 15) is 0 Å². The third-order valence-corrected chi connectivity index (χ3v) is 3.81. The molecule has 0 bridgehead atoms. The molecule has 0 saturated heterocycles. The van der Waals surface area contributed by atoms with Crippen molar-refractivity contribution in [2.75, 3.05) is 12.1 Å². The largest absolute Gasteiger partial charge is 0.464 e. The molecule has 3 aromatic rings. The molecule has 2 aromatic carbocycles. The molecule has 1 aliphatic heterocycles. The van der Waals surface area contributed by atoms with E-state index in [2.05, 4.69) is 5.32 Å². The number of nitrogens with one attached hydrogen (secondary N) is 1. The summed E-state index contributed by atoms with van der Waals surface area (Å²) in [7, 11) is 0. The van der Waals surface area contributed by atoms with Crippen LogP contribution in [0, 0.1) is 0 Å². The minimum absolute atomic E-state index is 0.238. The molecule has 2 heterocycles. The second kappa shape index (κ2) is 4.90. The highest BCUT2D eigenvalue weighted by atomic mass is 35.5. The van der Waals surface area contributed by atoms with Gasteiger partial charge in [0.05, 0.1) is 17.0 Å². The molecule has 1 N–H and O–H groups in total. The van der Waals surface area contributed by atoms with Gasteiger partial charge in [0.25, 0.3) is 0 Å². The lowest BCUT2D eigenvalue weighted by molar-refractivity contribution is 0.174. The molecular weight excluding hydrogens is 290 g/mol. The standard InChI is InChI=1S/C16H12ClNO3/c17-12-5-15-16(21-9-20-15)6-13(12)18-7-10-8-19-14-4-2-1-3-11(10)14/h1-6,8,18H,7,9H2. The van der Waals surface area contributed by atoms with Gasteiger partial charge in [0.1, 0.15) is 5.58 Å². The fraction of sp³-hybridized carbons (Fsp3) is 0.125. The maximum atomic E-state index is 6.24. The summed E-state index contributed by atoms with van der Waals surface area (Å²) in [5, 5.41) is 5.01. The average molecular weight is 302 g/mol. The van der Waals surface area contributed by atoms with Crippen molar-refractivity contribution in [1.82, 2.24) is 0 Å². The van der Waals surface area contributed by atoms with Crippen LogP contribution in [0.1, 0.15) is 5.56 Å². The Morgan fingerprint density at radius 2 is 1.90 bits per heavy atom. The number of anilines is 1. The number of hydrogen-bond acceptors (Lipinski definition) is 4. The third-order valence-electron chi connectivity index (χ3n) is 3.49. The smallest absolute Gasteiger partial charge is 0.231 e. The van der Waals surface area contributed by atoms with E-state index >= 15 is 0 Å². The van der Waals surface area contributed by atoms with Crippen molar-refractivity contribution in [3.8, 4) is 11.5 Å². The molecule has 1 aromatic heterocycles. The Kier molecular flexibility index (Phi) is 2.89. The van der Waals surface area contributed by atoms with E-state index in [4.69, 9.17) is 25.5 Å². The lowest BCUT2D eigenvalue weighted by Gasteiger charge is -2.08. The van der Waals surface area contributed by atoms with E-state index in [0.717, 1.165) is 22.2 Å². The van der Waals surface area contributed by atoms with Crippen LogP contribution < -0.4 is 14.8 Å². The molecule has 0 fully saturated rings. The van der Waals surface area contributed by atoms with E-state index < -0.39 is 0 Å². The van der Waals surface area contributed by atoms with E-state index in [1.54, 1.807) is 12.3 Å². The lowest BCUT2D eigenvalue weighted by atomic mass is 10.2. The van der Waals surface area contributed by atoms with E-state index in [1.165, 1.54) is 0 Å². The van der Waals surface area contributed by atoms with Gasteiger partial charge in [-0.1, -0.05) is 29.8 Å². The van der Waals surface area contributed by atoms with E-state index in [1.807, 2.05) is 30.3 Å². The van der Waals surface area contributed by atoms with Crippen LogP contribution >= 0.6 is 11.6 Å². The number of furan rings is 1. The first kappa shape index (κ1) is 12.4. The van der Waals surface area contributed by atoms with E-state index in [-0.39, 0.29) is 6.79 Å². The summed E-state index contributed by atoms with van der Waals surface area (Å²) in [5.74, 6) is 1.39. The Bertz CT molecular complexity index is 812. The number of ether oxygens (including phenoxy) is 2. The lowest BCUT2D eigenvalue weighted by Crippen LogP contribution is -1.99. The molecule has 0 unspecified atom stereocenters. The van der Waals surface area contributed by atoms with Crippen LogP contribution in [0.2, 0.25) is 5.02 Å². The molecule has 21 heavy (non-hydrogen) atoms. The number of rotatable bonds is 3. The quantitative estimate of drug-likeness (QED) is 0.777. The van der Waals surface area contributed by atoms with Gasteiger partial charge >= 0.3 is 0 Å². The van der Waals surface area contributed by atoms with Crippen LogP contribution in [0.5, 0.6) is 11.5 Å². The molecule has 0 saturated carbocycles. The Morgan fingerprint density at radius 3 is 2.81 bits per heavy atom. The molecule has 0 aliphatic carbocycles. The van der Waals surface area contributed by atoms with Crippen LogP contribution in [0.15, 0.2) is 47.1 Å². The van der Waals surface area contributed by atoms with Crippen LogP contribution in [0.4, 0.5) is 5.69 Å². The summed E-state index contributed by atoms with van der Waals surface area (Å²) in [6.07, 6.45) is 1.76. The van der Waals surface area contributed by atoms with Gasteiger partial charge in [-0.25, -0.2) is 0 Å². The summed E-state index contributed by atoms with van der Waals surface area (Å²) < 4.78 is 16.2. The van der Waals surface area contributed by atoms with Crippen molar-refractivity contribution in [1.29, 1.82) is 0 Å². The molecule has 0 amide bonds. The monoisotopic (exact) mass is 301 g/mol. The first-order valence-electron chi connectivity index (χ1n) is 6.59.